The lowest BCUT2D eigenvalue weighted by atomic mass is 10.2. The molecule has 2 heterocycles. The molecule has 0 bridgehead atoms. The normalized spacial score (nSPS) is 11.1. The molecule has 0 aliphatic carbocycles. The smallest absolute Gasteiger partial charge is 0.416 e. The fourth-order valence-electron chi connectivity index (χ4n) is 1.92. The third-order valence-electron chi connectivity index (χ3n) is 3.03. The maximum Gasteiger partial charge on any atom is 0.416 e. The highest BCUT2D eigenvalue weighted by molar-refractivity contribution is 9.10. The number of rotatable bonds is 4. The van der Waals surface area contributed by atoms with E-state index in [9.17, 15) is 9.18 Å². The van der Waals surface area contributed by atoms with Gasteiger partial charge in [0.15, 0.2) is 0 Å². The Morgan fingerprint density at radius 1 is 1.28 bits per heavy atom. The molecule has 0 saturated heterocycles. The van der Waals surface area contributed by atoms with Gasteiger partial charge >= 0.3 is 6.09 Å². The largest absolute Gasteiger partial charge is 0.481 e. The number of hydrogen-bond donors (Lipinski definition) is 0. The minimum atomic E-state index is -0.709. The molecule has 1 amide bonds. The number of halogens is 2. The van der Waals surface area contributed by atoms with Crippen LogP contribution in [-0.2, 0) is 11.3 Å². The molecule has 2 aromatic heterocycles. The van der Waals surface area contributed by atoms with E-state index in [2.05, 4.69) is 25.9 Å². The summed E-state index contributed by atoms with van der Waals surface area (Å²) in [5.41, 5.74) is 0.0262. The minimum Gasteiger partial charge on any atom is -0.481 e. The molecule has 134 valence electrons. The average molecular weight is 412 g/mol. The van der Waals surface area contributed by atoms with Gasteiger partial charge in [0.1, 0.15) is 11.4 Å². The summed E-state index contributed by atoms with van der Waals surface area (Å²) in [6.07, 6.45) is 0.948. The molecule has 2 aromatic rings. The van der Waals surface area contributed by atoms with E-state index in [1.54, 1.807) is 39.1 Å². The van der Waals surface area contributed by atoms with Crippen LogP contribution in [0.25, 0.3) is 0 Å². The van der Waals surface area contributed by atoms with E-state index >= 15 is 0 Å². The van der Waals surface area contributed by atoms with Crippen LogP contribution >= 0.6 is 15.9 Å². The molecular weight excluding hydrogens is 393 g/mol. The summed E-state index contributed by atoms with van der Waals surface area (Å²) < 4.78 is 24.5. The SMILES string of the molecule is COc1ccc(CN(C(=O)OC(C)(C)C)c2ccc(Br)c(F)n2)cn1. The maximum absolute atomic E-state index is 13.8. The van der Waals surface area contributed by atoms with E-state index in [-0.39, 0.29) is 16.8 Å². The predicted octanol–water partition coefficient (Wildman–Crippen LogP) is 4.33. The summed E-state index contributed by atoms with van der Waals surface area (Å²) in [5, 5.41) is 0. The van der Waals surface area contributed by atoms with E-state index in [4.69, 9.17) is 9.47 Å². The Balaban J connectivity index is 2.33. The van der Waals surface area contributed by atoms with Gasteiger partial charge in [-0.1, -0.05) is 6.07 Å². The van der Waals surface area contributed by atoms with Crippen LogP contribution in [0.2, 0.25) is 0 Å². The Labute approximate surface area is 154 Å². The van der Waals surface area contributed by atoms with E-state index in [1.165, 1.54) is 24.1 Å². The number of nitrogens with zero attached hydrogens (tertiary/aromatic N) is 3. The van der Waals surface area contributed by atoms with Crippen LogP contribution < -0.4 is 9.64 Å². The third-order valence-corrected chi connectivity index (χ3v) is 3.62. The van der Waals surface area contributed by atoms with Crippen molar-refractivity contribution in [3.63, 3.8) is 0 Å². The van der Waals surface area contributed by atoms with Gasteiger partial charge in [0.2, 0.25) is 11.8 Å². The van der Waals surface area contributed by atoms with Gasteiger partial charge < -0.3 is 9.47 Å². The molecule has 0 fully saturated rings. The van der Waals surface area contributed by atoms with E-state index in [0.717, 1.165) is 5.56 Å². The molecule has 0 aromatic carbocycles. The second-order valence-electron chi connectivity index (χ2n) is 6.22. The summed E-state index contributed by atoms with van der Waals surface area (Å²) in [5.74, 6) is -0.106. The number of ether oxygens (including phenoxy) is 2. The molecule has 0 N–H and O–H groups in total. The summed E-state index contributed by atoms with van der Waals surface area (Å²) in [6, 6.07) is 6.46. The van der Waals surface area contributed by atoms with Crippen molar-refractivity contribution in [1.82, 2.24) is 9.97 Å². The van der Waals surface area contributed by atoms with Crippen molar-refractivity contribution >= 4 is 27.8 Å². The summed E-state index contributed by atoms with van der Waals surface area (Å²) in [7, 11) is 1.52. The summed E-state index contributed by atoms with van der Waals surface area (Å²) in [4.78, 5) is 21.7. The van der Waals surface area contributed by atoms with Crippen molar-refractivity contribution < 1.29 is 18.7 Å². The topological polar surface area (TPSA) is 64.5 Å². The molecular formula is C17H19BrFN3O3. The standard InChI is InChI=1S/C17H19BrFN3O3/c1-17(2,3)25-16(23)22(13-7-6-12(18)15(19)21-13)10-11-5-8-14(24-4)20-9-11/h5-9H,10H2,1-4H3. The molecule has 0 radical (unpaired) electrons. The molecule has 2 rings (SSSR count). The predicted molar refractivity (Wildman–Crippen MR) is 95.1 cm³/mol. The number of carbonyl (C=O) groups excluding carboxylic acids is 1. The van der Waals surface area contributed by atoms with Gasteiger partial charge in [-0.15, -0.1) is 0 Å². The number of aromatic nitrogens is 2. The number of amides is 1. The number of anilines is 1. The van der Waals surface area contributed by atoms with Gasteiger partial charge in [0.05, 0.1) is 18.1 Å². The van der Waals surface area contributed by atoms with Crippen molar-refractivity contribution in [1.29, 1.82) is 0 Å². The molecule has 8 heteroatoms. The van der Waals surface area contributed by atoms with Crippen molar-refractivity contribution in [2.75, 3.05) is 12.0 Å². The van der Waals surface area contributed by atoms with Gasteiger partial charge in [-0.3, -0.25) is 4.90 Å². The van der Waals surface area contributed by atoms with Gasteiger partial charge in [-0.05, 0) is 54.4 Å². The highest BCUT2D eigenvalue weighted by atomic mass is 79.9. The lowest BCUT2D eigenvalue weighted by molar-refractivity contribution is 0.0576. The van der Waals surface area contributed by atoms with Gasteiger partial charge in [-0.25, -0.2) is 14.8 Å². The maximum atomic E-state index is 13.8. The first-order chi connectivity index (χ1) is 11.7. The molecule has 25 heavy (non-hydrogen) atoms. The van der Waals surface area contributed by atoms with Crippen LogP contribution in [0.5, 0.6) is 5.88 Å². The number of hydrogen-bond acceptors (Lipinski definition) is 5. The Morgan fingerprint density at radius 3 is 2.52 bits per heavy atom. The molecule has 0 spiro atoms. The van der Waals surface area contributed by atoms with Crippen LogP contribution in [0.15, 0.2) is 34.9 Å². The molecule has 0 saturated carbocycles. The van der Waals surface area contributed by atoms with E-state index in [1.807, 2.05) is 0 Å². The van der Waals surface area contributed by atoms with Gasteiger partial charge in [0.25, 0.3) is 0 Å². The number of carbonyl (C=O) groups is 1. The van der Waals surface area contributed by atoms with Crippen molar-refractivity contribution in [3.05, 3.63) is 46.4 Å². The highest BCUT2D eigenvalue weighted by Gasteiger charge is 2.25. The number of pyridine rings is 2. The Kier molecular flexibility index (Phi) is 5.94. The van der Waals surface area contributed by atoms with Crippen LogP contribution in [0, 0.1) is 5.95 Å². The third kappa shape index (κ3) is 5.38. The van der Waals surface area contributed by atoms with Crippen molar-refractivity contribution in [2.45, 2.75) is 32.9 Å². The van der Waals surface area contributed by atoms with Gasteiger partial charge in [-0.2, -0.15) is 4.39 Å². The lowest BCUT2D eigenvalue weighted by Crippen LogP contribution is -2.37. The fraction of sp³-hybridized carbons (Fsp3) is 0.353. The Hall–Kier alpha value is -2.22. The quantitative estimate of drug-likeness (QED) is 0.700. The van der Waals surface area contributed by atoms with Crippen LogP contribution in [0.3, 0.4) is 0 Å². The average Bonchev–Trinajstić information content (AvgIpc) is 2.54. The highest BCUT2D eigenvalue weighted by Crippen LogP contribution is 2.23. The van der Waals surface area contributed by atoms with E-state index < -0.39 is 17.6 Å². The fourth-order valence-corrected chi connectivity index (χ4v) is 2.14. The molecule has 6 nitrogen and oxygen atoms in total. The van der Waals surface area contributed by atoms with Crippen LogP contribution in [0.4, 0.5) is 15.0 Å². The second-order valence-corrected chi connectivity index (χ2v) is 7.07. The zero-order chi connectivity index (χ0) is 18.6. The first kappa shape index (κ1) is 19.1. The summed E-state index contributed by atoms with van der Waals surface area (Å²) >= 11 is 3.05. The monoisotopic (exact) mass is 411 g/mol. The lowest BCUT2D eigenvalue weighted by Gasteiger charge is -2.27. The Bertz CT molecular complexity index is 748. The molecule has 0 aliphatic heterocycles. The van der Waals surface area contributed by atoms with Crippen LogP contribution in [0.1, 0.15) is 26.3 Å². The summed E-state index contributed by atoms with van der Waals surface area (Å²) in [6.45, 7) is 5.40. The molecule has 0 atom stereocenters. The molecule has 0 unspecified atom stereocenters. The first-order valence-electron chi connectivity index (χ1n) is 7.51. The zero-order valence-electron chi connectivity index (χ0n) is 14.4. The number of methoxy groups -OCH3 is 1. The van der Waals surface area contributed by atoms with Crippen molar-refractivity contribution in [2.24, 2.45) is 0 Å². The minimum absolute atomic E-state index is 0.125. The Morgan fingerprint density at radius 2 is 2.00 bits per heavy atom. The van der Waals surface area contributed by atoms with Crippen molar-refractivity contribution in [3.8, 4) is 5.88 Å². The molecule has 0 aliphatic rings. The second kappa shape index (κ2) is 7.77. The van der Waals surface area contributed by atoms with E-state index in [0.29, 0.717) is 5.88 Å². The van der Waals surface area contributed by atoms with Crippen LogP contribution in [-0.4, -0.2) is 28.8 Å². The first-order valence-corrected chi connectivity index (χ1v) is 8.30. The van der Waals surface area contributed by atoms with Gasteiger partial charge in [0, 0.05) is 12.3 Å². The zero-order valence-corrected chi connectivity index (χ0v) is 16.0.